The minimum atomic E-state index is -1.57. The largest absolute Gasteiger partial charge is 0.394 e. The first-order chi connectivity index (χ1) is 23.9. The summed E-state index contributed by atoms with van der Waals surface area (Å²) in [5.41, 5.74) is -0.766. The normalized spacial score (nSPS) is 38.9. The van der Waals surface area contributed by atoms with Crippen molar-refractivity contribution in [3.05, 3.63) is 0 Å². The van der Waals surface area contributed by atoms with Gasteiger partial charge < -0.3 is 80.1 Å². The molecule has 19 nitrogen and oxygen atoms in total. The second-order valence-corrected chi connectivity index (χ2v) is 14.3. The molecule has 3 aliphatic heterocycles. The molecule has 3 aliphatic rings. The van der Waals surface area contributed by atoms with E-state index < -0.39 is 134 Å². The van der Waals surface area contributed by atoms with Crippen LogP contribution < -0.4 is 16.0 Å². The number of carbonyl (C=O) groups excluding carboxylic acids is 3. The van der Waals surface area contributed by atoms with Gasteiger partial charge >= 0.3 is 0 Å². The maximum atomic E-state index is 12.5. The van der Waals surface area contributed by atoms with Gasteiger partial charge in [-0.2, -0.15) is 0 Å². The molecule has 0 saturated carbocycles. The van der Waals surface area contributed by atoms with Crippen LogP contribution in [0.4, 0.5) is 0 Å². The molecule has 0 radical (unpaired) electrons. The SMILES string of the molecule is CC(=O)NC1[C@H](COC[C@@H]2C(CO)O[C@@H](COC[C@@H]3C(CO)O[C@@H](O)C(NC(C)=O)[C@H]3O)C(NC(C)=O)[C@H]2OC(C)(C)C)OC(CO)[C@@H](O)[C@@H]1O. The summed E-state index contributed by atoms with van der Waals surface area (Å²) in [5.74, 6) is -3.01. The molecule has 0 aromatic rings. The summed E-state index contributed by atoms with van der Waals surface area (Å²) in [6, 6.07) is -3.11. The molecule has 0 spiro atoms. The van der Waals surface area contributed by atoms with Crippen molar-refractivity contribution in [3.63, 3.8) is 0 Å². The van der Waals surface area contributed by atoms with Crippen molar-refractivity contribution >= 4 is 17.7 Å². The predicted molar refractivity (Wildman–Crippen MR) is 174 cm³/mol. The Morgan fingerprint density at radius 2 is 1.02 bits per heavy atom. The summed E-state index contributed by atoms with van der Waals surface area (Å²) in [5, 5.41) is 80.1. The topological polar surface area (TPSA) is 284 Å². The molecule has 3 amide bonds. The van der Waals surface area contributed by atoms with Gasteiger partial charge in [-0.3, -0.25) is 14.4 Å². The van der Waals surface area contributed by atoms with E-state index in [-0.39, 0.29) is 26.4 Å². The van der Waals surface area contributed by atoms with Gasteiger partial charge in [-0.25, -0.2) is 0 Å². The molecule has 0 aromatic carbocycles. The smallest absolute Gasteiger partial charge is 0.217 e. The average Bonchev–Trinajstić information content (AvgIpc) is 3.04. The zero-order valence-corrected chi connectivity index (χ0v) is 29.9. The lowest BCUT2D eigenvalue weighted by molar-refractivity contribution is -0.251. The minimum Gasteiger partial charge on any atom is -0.394 e. The molecular weight excluding hydrogens is 682 g/mol. The molecule has 0 aromatic heterocycles. The van der Waals surface area contributed by atoms with Crippen LogP contribution in [0.5, 0.6) is 0 Å². The van der Waals surface area contributed by atoms with Gasteiger partial charge in [-0.05, 0) is 20.8 Å². The number of aliphatic hydroxyl groups excluding tert-OH is 7. The number of amides is 3. The Bertz CT molecular complexity index is 1130. The van der Waals surface area contributed by atoms with Gasteiger partial charge in [-0.1, -0.05) is 0 Å². The molecule has 15 atom stereocenters. The van der Waals surface area contributed by atoms with Crippen LogP contribution in [0.2, 0.25) is 0 Å². The highest BCUT2D eigenvalue weighted by Crippen LogP contribution is 2.33. The predicted octanol–water partition coefficient (Wildman–Crippen LogP) is -4.74. The van der Waals surface area contributed by atoms with Gasteiger partial charge in [0.25, 0.3) is 0 Å². The minimum absolute atomic E-state index is 0.124. The number of ether oxygens (including phenoxy) is 6. The van der Waals surface area contributed by atoms with E-state index in [0.29, 0.717) is 0 Å². The summed E-state index contributed by atoms with van der Waals surface area (Å²) in [4.78, 5) is 36.0. The first-order valence-corrected chi connectivity index (χ1v) is 17.1. The highest BCUT2D eigenvalue weighted by atomic mass is 16.6. The van der Waals surface area contributed by atoms with Gasteiger partial charge in [-0.15, -0.1) is 0 Å². The van der Waals surface area contributed by atoms with Crippen LogP contribution in [-0.2, 0) is 42.8 Å². The van der Waals surface area contributed by atoms with Crippen molar-refractivity contribution < 1.29 is 78.6 Å². The quantitative estimate of drug-likeness (QED) is 0.0755. The molecule has 6 unspecified atom stereocenters. The van der Waals surface area contributed by atoms with Crippen LogP contribution in [0.1, 0.15) is 41.5 Å². The van der Waals surface area contributed by atoms with Crippen molar-refractivity contribution in [2.45, 2.75) is 126 Å². The van der Waals surface area contributed by atoms with E-state index in [2.05, 4.69) is 16.0 Å². The molecule has 0 aliphatic carbocycles. The standard InChI is InChI=1S/C32H57N3O16/c1-14(39)33-24-22(49-21(9-38)28(43)29(24)44)12-47-11-18-20(8-37)48-23(25(34-15(2)40)30(18)51-32(4,5)6)13-46-10-17-19(7-36)50-31(45)26(27(17)42)35-16(3)41/h17-31,36-38,42-45H,7-13H2,1-6H3,(H,33,39)(H,34,40)(H,35,41)/t17-,18-,19?,20?,21?,22+,23+,24?,25?,26?,27+,28-,29-,30+,31-/m1/s1. The van der Waals surface area contributed by atoms with Gasteiger partial charge in [0.2, 0.25) is 17.7 Å². The monoisotopic (exact) mass is 739 g/mol. The number of rotatable bonds is 15. The maximum absolute atomic E-state index is 12.5. The van der Waals surface area contributed by atoms with Crippen LogP contribution >= 0.6 is 0 Å². The highest BCUT2D eigenvalue weighted by molar-refractivity contribution is 5.74. The van der Waals surface area contributed by atoms with E-state index in [4.69, 9.17) is 28.4 Å². The molecule has 19 heteroatoms. The highest BCUT2D eigenvalue weighted by Gasteiger charge is 2.50. The van der Waals surface area contributed by atoms with Crippen LogP contribution in [0, 0.1) is 11.8 Å². The first-order valence-electron chi connectivity index (χ1n) is 17.1. The molecule has 3 saturated heterocycles. The maximum Gasteiger partial charge on any atom is 0.217 e. The first kappa shape index (κ1) is 43.3. The van der Waals surface area contributed by atoms with E-state index in [1.54, 1.807) is 20.8 Å². The molecule has 51 heavy (non-hydrogen) atoms. The van der Waals surface area contributed by atoms with Crippen molar-refractivity contribution in [1.82, 2.24) is 16.0 Å². The van der Waals surface area contributed by atoms with E-state index >= 15 is 0 Å². The molecule has 10 N–H and O–H groups in total. The van der Waals surface area contributed by atoms with E-state index in [1.807, 2.05) is 0 Å². The van der Waals surface area contributed by atoms with E-state index in [1.165, 1.54) is 20.8 Å². The Morgan fingerprint density at radius 3 is 1.53 bits per heavy atom. The Hall–Kier alpha value is -2.11. The van der Waals surface area contributed by atoms with Crippen molar-refractivity contribution in [2.75, 3.05) is 46.2 Å². The second kappa shape index (κ2) is 19.3. The fourth-order valence-electron chi connectivity index (χ4n) is 6.79. The summed E-state index contributed by atoms with van der Waals surface area (Å²) < 4.78 is 35.9. The van der Waals surface area contributed by atoms with Gasteiger partial charge in [0, 0.05) is 32.6 Å². The lowest BCUT2D eigenvalue weighted by atomic mass is 9.84. The summed E-state index contributed by atoms with van der Waals surface area (Å²) >= 11 is 0. The second-order valence-electron chi connectivity index (χ2n) is 14.3. The molecule has 296 valence electrons. The van der Waals surface area contributed by atoms with Crippen molar-refractivity contribution in [3.8, 4) is 0 Å². The summed E-state index contributed by atoms with van der Waals surface area (Å²) in [6.07, 6.45) is -11.7. The van der Waals surface area contributed by atoms with Gasteiger partial charge in [0.1, 0.15) is 36.6 Å². The molecule has 3 rings (SSSR count). The summed E-state index contributed by atoms with van der Waals surface area (Å²) in [6.45, 7) is 6.78. The molecule has 3 fully saturated rings. The van der Waals surface area contributed by atoms with Crippen LogP contribution in [-0.4, -0.2) is 185 Å². The van der Waals surface area contributed by atoms with E-state index in [9.17, 15) is 50.1 Å². The zero-order chi connectivity index (χ0) is 38.2. The summed E-state index contributed by atoms with van der Waals surface area (Å²) in [7, 11) is 0. The Balaban J connectivity index is 1.80. The molecular formula is C32H57N3O16. The fraction of sp³-hybridized carbons (Fsp3) is 0.906. The third kappa shape index (κ3) is 11.7. The fourth-order valence-corrected chi connectivity index (χ4v) is 6.79. The third-order valence-electron chi connectivity index (χ3n) is 9.08. The molecule has 3 heterocycles. The van der Waals surface area contributed by atoms with Crippen molar-refractivity contribution in [1.29, 1.82) is 0 Å². The van der Waals surface area contributed by atoms with Crippen LogP contribution in [0.15, 0.2) is 0 Å². The number of nitrogens with one attached hydrogen (secondary N) is 3. The van der Waals surface area contributed by atoms with Crippen molar-refractivity contribution in [2.24, 2.45) is 11.8 Å². The average molecular weight is 740 g/mol. The number of aliphatic hydroxyl groups is 7. The zero-order valence-electron chi connectivity index (χ0n) is 29.9. The number of hydrogen-bond donors (Lipinski definition) is 10. The van der Waals surface area contributed by atoms with Crippen LogP contribution in [0.25, 0.3) is 0 Å². The van der Waals surface area contributed by atoms with Crippen LogP contribution in [0.3, 0.4) is 0 Å². The number of carbonyl (C=O) groups is 3. The Morgan fingerprint density at radius 1 is 0.569 bits per heavy atom. The Labute approximate surface area is 296 Å². The number of hydrogen-bond acceptors (Lipinski definition) is 16. The Kier molecular flexibility index (Phi) is 16.4. The van der Waals surface area contributed by atoms with Gasteiger partial charge in [0.15, 0.2) is 6.29 Å². The third-order valence-corrected chi connectivity index (χ3v) is 9.08. The molecule has 0 bridgehead atoms. The lowest BCUT2D eigenvalue weighted by Crippen LogP contribution is -2.66. The van der Waals surface area contributed by atoms with E-state index in [0.717, 1.165) is 0 Å². The lowest BCUT2D eigenvalue weighted by Gasteiger charge is -2.48. The van der Waals surface area contributed by atoms with Gasteiger partial charge in [0.05, 0.1) is 88.3 Å².